The number of hydrogen-bond donors (Lipinski definition) is 0. The molecule has 0 aliphatic heterocycles. The van der Waals surface area contributed by atoms with Crippen molar-refractivity contribution in [3.8, 4) is 0 Å². The van der Waals surface area contributed by atoms with E-state index >= 15 is 0 Å². The third-order valence-electron chi connectivity index (χ3n) is 2.72. The fraction of sp³-hybridized carbons (Fsp3) is 0.0833. The summed E-state index contributed by atoms with van der Waals surface area (Å²) in [4.78, 5) is 29.1. The fourth-order valence-electron chi connectivity index (χ4n) is 1.78. The Bertz CT molecular complexity index is 866. The molecule has 0 aromatic carbocycles. The van der Waals surface area contributed by atoms with Crippen LogP contribution < -0.4 is 5.56 Å². The lowest BCUT2D eigenvalue weighted by Gasteiger charge is -2.03. The second-order valence-electron chi connectivity index (χ2n) is 3.98. The minimum Gasteiger partial charge on any atom is -0.292 e. The Morgan fingerprint density at radius 1 is 1.40 bits per heavy atom. The summed E-state index contributed by atoms with van der Waals surface area (Å²) in [5.74, 6) is -0.267. The number of nitrogens with zero attached hydrogens (tertiary/aromatic N) is 2. The first-order valence-electron chi connectivity index (χ1n) is 5.47. The van der Waals surface area contributed by atoms with E-state index in [9.17, 15) is 9.59 Å². The van der Waals surface area contributed by atoms with E-state index in [4.69, 9.17) is 23.2 Å². The molecule has 3 aromatic heterocycles. The van der Waals surface area contributed by atoms with E-state index in [-0.39, 0.29) is 17.9 Å². The van der Waals surface area contributed by atoms with Gasteiger partial charge in [-0.3, -0.25) is 14.2 Å². The highest BCUT2D eigenvalue weighted by Gasteiger charge is 2.16. The molecule has 8 heteroatoms. The van der Waals surface area contributed by atoms with Gasteiger partial charge >= 0.3 is 0 Å². The normalized spacial score (nSPS) is 11.1. The van der Waals surface area contributed by atoms with E-state index in [0.717, 1.165) is 11.3 Å². The smallest absolute Gasteiger partial charge is 0.262 e. The minimum atomic E-state index is -0.267. The number of thiophene rings is 2. The van der Waals surface area contributed by atoms with Crippen LogP contribution in [0, 0.1) is 0 Å². The van der Waals surface area contributed by atoms with Gasteiger partial charge in [-0.25, -0.2) is 4.98 Å². The molecular weight excluding hydrogens is 339 g/mol. The molecule has 3 aromatic rings. The molecule has 0 saturated heterocycles. The molecule has 102 valence electrons. The quantitative estimate of drug-likeness (QED) is 0.680. The van der Waals surface area contributed by atoms with Gasteiger partial charge in [0.1, 0.15) is 9.17 Å². The van der Waals surface area contributed by atoms with Gasteiger partial charge in [0.15, 0.2) is 5.78 Å². The van der Waals surface area contributed by atoms with Crippen LogP contribution in [0.3, 0.4) is 0 Å². The van der Waals surface area contributed by atoms with Crippen molar-refractivity contribution in [2.45, 2.75) is 6.54 Å². The van der Waals surface area contributed by atoms with Crippen molar-refractivity contribution in [2.75, 3.05) is 0 Å². The van der Waals surface area contributed by atoms with E-state index in [2.05, 4.69) is 4.98 Å². The maximum Gasteiger partial charge on any atom is 0.262 e. The molecule has 0 bridgehead atoms. The lowest BCUT2D eigenvalue weighted by Crippen LogP contribution is -2.24. The van der Waals surface area contributed by atoms with Crippen LogP contribution in [0.1, 0.15) is 10.4 Å². The molecule has 4 nitrogen and oxygen atoms in total. The monoisotopic (exact) mass is 344 g/mol. The zero-order valence-corrected chi connectivity index (χ0v) is 12.9. The summed E-state index contributed by atoms with van der Waals surface area (Å²) in [6.07, 6.45) is 1.38. The van der Waals surface area contributed by atoms with Gasteiger partial charge in [-0.15, -0.1) is 22.7 Å². The van der Waals surface area contributed by atoms with Crippen LogP contribution >= 0.6 is 45.9 Å². The van der Waals surface area contributed by atoms with E-state index in [1.807, 2.05) is 0 Å². The number of rotatable bonds is 3. The van der Waals surface area contributed by atoms with Crippen LogP contribution in [-0.2, 0) is 6.54 Å². The summed E-state index contributed by atoms with van der Waals surface area (Å²) in [5, 5.41) is 2.31. The van der Waals surface area contributed by atoms with E-state index in [1.165, 1.54) is 28.3 Å². The largest absolute Gasteiger partial charge is 0.292 e. The molecule has 0 N–H and O–H groups in total. The van der Waals surface area contributed by atoms with Gasteiger partial charge < -0.3 is 0 Å². The Balaban J connectivity index is 1.97. The highest BCUT2D eigenvalue weighted by molar-refractivity contribution is 7.20. The number of hydrogen-bond acceptors (Lipinski definition) is 5. The molecule has 0 fully saturated rings. The molecule has 0 spiro atoms. The maximum absolute atomic E-state index is 12.2. The van der Waals surface area contributed by atoms with Gasteiger partial charge in [0.05, 0.1) is 28.2 Å². The molecule has 0 unspecified atom stereocenters. The molecule has 0 aliphatic rings. The standard InChI is InChI=1S/C12H6Cl2N2O2S2/c13-9-3-7(10(14)20-9)8(17)4-16-5-15-11-6(12(16)18)1-2-19-11/h1-3,5H,4H2. The van der Waals surface area contributed by atoms with Gasteiger partial charge in [0.25, 0.3) is 5.56 Å². The summed E-state index contributed by atoms with van der Waals surface area (Å²) in [7, 11) is 0. The maximum atomic E-state index is 12.2. The number of ketones is 1. The number of aromatic nitrogens is 2. The van der Waals surface area contributed by atoms with Crippen LogP contribution in [0.25, 0.3) is 10.2 Å². The Labute approximate surface area is 131 Å². The predicted molar refractivity (Wildman–Crippen MR) is 82.5 cm³/mol. The number of carbonyl (C=O) groups excluding carboxylic acids is 1. The Morgan fingerprint density at radius 3 is 2.90 bits per heavy atom. The molecular formula is C12H6Cl2N2O2S2. The molecule has 0 aliphatic carbocycles. The average Bonchev–Trinajstić information content (AvgIpc) is 2.99. The number of Topliss-reactive ketones (excluding diaryl/α,β-unsaturated/α-hetero) is 1. The van der Waals surface area contributed by atoms with Crippen molar-refractivity contribution < 1.29 is 4.79 Å². The van der Waals surface area contributed by atoms with Gasteiger partial charge in [0, 0.05) is 0 Å². The zero-order valence-electron chi connectivity index (χ0n) is 9.80. The summed E-state index contributed by atoms with van der Waals surface area (Å²) < 4.78 is 2.05. The first-order valence-corrected chi connectivity index (χ1v) is 7.92. The second kappa shape index (κ2) is 5.29. The summed E-state index contributed by atoms with van der Waals surface area (Å²) in [6, 6.07) is 3.21. The van der Waals surface area contributed by atoms with Crippen molar-refractivity contribution in [3.63, 3.8) is 0 Å². The molecule has 3 heterocycles. The van der Waals surface area contributed by atoms with Crippen molar-refractivity contribution in [3.05, 3.63) is 48.4 Å². The van der Waals surface area contributed by atoms with Crippen molar-refractivity contribution in [1.82, 2.24) is 9.55 Å². The molecule has 20 heavy (non-hydrogen) atoms. The fourth-order valence-corrected chi connectivity index (χ4v) is 4.00. The van der Waals surface area contributed by atoms with Crippen LogP contribution in [0.4, 0.5) is 0 Å². The third kappa shape index (κ3) is 2.40. The molecule has 0 atom stereocenters. The Hall–Kier alpha value is -1.21. The van der Waals surface area contributed by atoms with E-state index in [0.29, 0.717) is 24.5 Å². The number of halogens is 2. The van der Waals surface area contributed by atoms with E-state index < -0.39 is 0 Å². The van der Waals surface area contributed by atoms with E-state index in [1.54, 1.807) is 11.4 Å². The highest BCUT2D eigenvalue weighted by atomic mass is 35.5. The average molecular weight is 345 g/mol. The van der Waals surface area contributed by atoms with Crippen molar-refractivity contribution >= 4 is 61.9 Å². The van der Waals surface area contributed by atoms with Crippen LogP contribution in [-0.4, -0.2) is 15.3 Å². The van der Waals surface area contributed by atoms with Crippen molar-refractivity contribution in [1.29, 1.82) is 0 Å². The third-order valence-corrected chi connectivity index (χ3v) is 5.03. The number of fused-ring (bicyclic) bond motifs is 1. The lowest BCUT2D eigenvalue weighted by molar-refractivity contribution is 0.0971. The van der Waals surface area contributed by atoms with Crippen LogP contribution in [0.15, 0.2) is 28.6 Å². The van der Waals surface area contributed by atoms with Gasteiger partial charge in [-0.05, 0) is 17.5 Å². The molecule has 3 rings (SSSR count). The number of carbonyl (C=O) groups is 1. The van der Waals surface area contributed by atoms with Crippen molar-refractivity contribution in [2.24, 2.45) is 0 Å². The molecule has 0 amide bonds. The second-order valence-corrected chi connectivity index (χ2v) is 7.16. The topological polar surface area (TPSA) is 52.0 Å². The van der Waals surface area contributed by atoms with Crippen LogP contribution in [0.5, 0.6) is 0 Å². The zero-order chi connectivity index (χ0) is 14.3. The predicted octanol–water partition coefficient (Wildman–Crippen LogP) is 3.71. The lowest BCUT2D eigenvalue weighted by atomic mass is 10.2. The van der Waals surface area contributed by atoms with Gasteiger partial charge in [-0.2, -0.15) is 0 Å². The Morgan fingerprint density at radius 2 is 2.20 bits per heavy atom. The first kappa shape index (κ1) is 13.8. The molecule has 0 saturated carbocycles. The molecule has 0 radical (unpaired) electrons. The summed E-state index contributed by atoms with van der Waals surface area (Å²) >= 11 is 14.3. The van der Waals surface area contributed by atoms with Gasteiger partial charge in [0.2, 0.25) is 0 Å². The highest BCUT2D eigenvalue weighted by Crippen LogP contribution is 2.31. The Kier molecular flexibility index (Phi) is 3.64. The van der Waals surface area contributed by atoms with Crippen LogP contribution in [0.2, 0.25) is 8.67 Å². The summed E-state index contributed by atoms with van der Waals surface area (Å²) in [6.45, 7) is -0.107. The van der Waals surface area contributed by atoms with Gasteiger partial charge in [-0.1, -0.05) is 23.2 Å². The minimum absolute atomic E-state index is 0.107. The SMILES string of the molecule is O=C(Cn1cnc2sccc2c1=O)c1cc(Cl)sc1Cl. The first-order chi connectivity index (χ1) is 9.56. The summed E-state index contributed by atoms with van der Waals surface area (Å²) in [5.41, 5.74) is 0.0982.